The van der Waals surface area contributed by atoms with Crippen molar-refractivity contribution in [3.05, 3.63) is 60.2 Å². The van der Waals surface area contributed by atoms with E-state index < -0.39 is 0 Å². The molecule has 0 aliphatic heterocycles. The van der Waals surface area contributed by atoms with Gasteiger partial charge < -0.3 is 14.2 Å². The van der Waals surface area contributed by atoms with E-state index in [2.05, 4.69) is 17.1 Å². The van der Waals surface area contributed by atoms with Gasteiger partial charge in [-0.3, -0.25) is 4.79 Å². The van der Waals surface area contributed by atoms with Crippen molar-refractivity contribution >= 4 is 17.7 Å². The topological polar surface area (TPSA) is 60.2 Å². The minimum atomic E-state index is 0.0304. The van der Waals surface area contributed by atoms with Gasteiger partial charge in [0.25, 0.3) is 0 Å². The smallest absolute Gasteiger partial charge is 0.233 e. The first-order chi connectivity index (χ1) is 13.6. The Morgan fingerprint density at radius 3 is 2.54 bits per heavy atom. The third kappa shape index (κ3) is 4.54. The number of carbonyl (C=O) groups excluding carboxylic acids is 1. The standard InChI is InChI=1S/C21H24N4O2S/c1-4-25-20(16-10-6-5-7-11-16)22-23-21(25)28-15-19(26)24(2)14-17-12-8-9-13-18(17)27-3/h5-13H,4,14-15H2,1-3H3. The van der Waals surface area contributed by atoms with Crippen molar-refractivity contribution in [3.8, 4) is 17.1 Å². The number of para-hydroxylation sites is 1. The maximum absolute atomic E-state index is 12.6. The van der Waals surface area contributed by atoms with Crippen LogP contribution in [-0.2, 0) is 17.9 Å². The van der Waals surface area contributed by atoms with E-state index in [4.69, 9.17) is 4.74 Å². The summed E-state index contributed by atoms with van der Waals surface area (Å²) in [6.07, 6.45) is 0. The lowest BCUT2D eigenvalue weighted by Crippen LogP contribution is -2.28. The lowest BCUT2D eigenvalue weighted by Gasteiger charge is -2.18. The van der Waals surface area contributed by atoms with Crippen molar-refractivity contribution in [3.63, 3.8) is 0 Å². The van der Waals surface area contributed by atoms with E-state index in [-0.39, 0.29) is 5.91 Å². The molecule has 3 aromatic rings. The van der Waals surface area contributed by atoms with Crippen LogP contribution in [0.4, 0.5) is 0 Å². The van der Waals surface area contributed by atoms with Crippen LogP contribution < -0.4 is 4.74 Å². The molecule has 0 saturated carbocycles. The molecule has 0 radical (unpaired) electrons. The summed E-state index contributed by atoms with van der Waals surface area (Å²) in [6, 6.07) is 17.7. The third-order valence-electron chi connectivity index (χ3n) is 4.42. The molecule has 0 spiro atoms. The zero-order valence-electron chi connectivity index (χ0n) is 16.3. The predicted octanol–water partition coefficient (Wildman–Crippen LogP) is 3.72. The summed E-state index contributed by atoms with van der Waals surface area (Å²) in [5, 5.41) is 9.36. The molecule has 0 unspecified atom stereocenters. The van der Waals surface area contributed by atoms with Crippen molar-refractivity contribution in [2.24, 2.45) is 0 Å². The first-order valence-electron chi connectivity index (χ1n) is 9.11. The predicted molar refractivity (Wildman–Crippen MR) is 111 cm³/mol. The molecule has 1 amide bonds. The number of benzene rings is 2. The van der Waals surface area contributed by atoms with Gasteiger partial charge in [-0.25, -0.2) is 0 Å². The number of methoxy groups -OCH3 is 1. The van der Waals surface area contributed by atoms with Gasteiger partial charge >= 0.3 is 0 Å². The molecule has 0 fully saturated rings. The Labute approximate surface area is 169 Å². The Hall–Kier alpha value is -2.80. The highest BCUT2D eigenvalue weighted by atomic mass is 32.2. The molecule has 0 saturated heterocycles. The quantitative estimate of drug-likeness (QED) is 0.543. The van der Waals surface area contributed by atoms with Gasteiger partial charge in [-0.05, 0) is 13.0 Å². The van der Waals surface area contributed by atoms with Crippen LogP contribution in [0.2, 0.25) is 0 Å². The van der Waals surface area contributed by atoms with Crippen molar-refractivity contribution in [1.82, 2.24) is 19.7 Å². The van der Waals surface area contributed by atoms with Crippen molar-refractivity contribution in [1.29, 1.82) is 0 Å². The van der Waals surface area contributed by atoms with Gasteiger partial charge in [-0.15, -0.1) is 10.2 Å². The lowest BCUT2D eigenvalue weighted by atomic mass is 10.2. The fourth-order valence-electron chi connectivity index (χ4n) is 2.90. The van der Waals surface area contributed by atoms with Gasteiger partial charge in [0.2, 0.25) is 5.91 Å². The molecule has 1 aromatic heterocycles. The Morgan fingerprint density at radius 1 is 1.11 bits per heavy atom. The number of hydrogen-bond acceptors (Lipinski definition) is 5. The zero-order valence-corrected chi connectivity index (χ0v) is 17.1. The molecule has 0 bridgehead atoms. The SMILES string of the molecule is CCn1c(SCC(=O)N(C)Cc2ccccc2OC)nnc1-c1ccccc1. The van der Waals surface area contributed by atoms with Crippen LogP contribution in [0.15, 0.2) is 59.8 Å². The second-order valence-electron chi connectivity index (χ2n) is 6.27. The van der Waals surface area contributed by atoms with Crippen molar-refractivity contribution in [2.45, 2.75) is 25.2 Å². The summed E-state index contributed by atoms with van der Waals surface area (Å²) in [5.74, 6) is 1.94. The second-order valence-corrected chi connectivity index (χ2v) is 7.21. The van der Waals surface area contributed by atoms with E-state index in [0.717, 1.165) is 34.4 Å². The van der Waals surface area contributed by atoms with E-state index in [1.165, 1.54) is 11.8 Å². The highest BCUT2D eigenvalue weighted by molar-refractivity contribution is 7.99. The summed E-state index contributed by atoms with van der Waals surface area (Å²) < 4.78 is 7.40. The molecule has 3 rings (SSSR count). The summed E-state index contributed by atoms with van der Waals surface area (Å²) in [7, 11) is 3.44. The summed E-state index contributed by atoms with van der Waals surface area (Å²) >= 11 is 1.41. The van der Waals surface area contributed by atoms with E-state index in [9.17, 15) is 4.79 Å². The normalized spacial score (nSPS) is 10.7. The highest BCUT2D eigenvalue weighted by Gasteiger charge is 2.17. The van der Waals surface area contributed by atoms with Crippen molar-refractivity contribution < 1.29 is 9.53 Å². The van der Waals surface area contributed by atoms with E-state index in [0.29, 0.717) is 12.3 Å². The molecule has 0 aliphatic carbocycles. The molecule has 2 aromatic carbocycles. The maximum atomic E-state index is 12.6. The van der Waals surface area contributed by atoms with E-state index in [1.54, 1.807) is 19.1 Å². The third-order valence-corrected chi connectivity index (χ3v) is 5.37. The fraction of sp³-hybridized carbons (Fsp3) is 0.286. The van der Waals surface area contributed by atoms with Gasteiger partial charge in [0.1, 0.15) is 5.75 Å². The van der Waals surface area contributed by atoms with Gasteiger partial charge in [-0.1, -0.05) is 60.3 Å². The highest BCUT2D eigenvalue weighted by Crippen LogP contribution is 2.24. The second kappa shape index (κ2) is 9.41. The molecule has 0 aliphatic rings. The molecule has 1 heterocycles. The number of carbonyl (C=O) groups is 1. The molecule has 7 heteroatoms. The zero-order chi connectivity index (χ0) is 19.9. The average molecular weight is 397 g/mol. The van der Waals surface area contributed by atoms with Crippen molar-refractivity contribution in [2.75, 3.05) is 19.9 Å². The van der Waals surface area contributed by atoms with Crippen LogP contribution in [0.1, 0.15) is 12.5 Å². The minimum absolute atomic E-state index is 0.0304. The largest absolute Gasteiger partial charge is 0.496 e. The Morgan fingerprint density at radius 2 is 1.82 bits per heavy atom. The first kappa shape index (κ1) is 19.9. The molecular weight excluding hydrogens is 372 g/mol. The monoisotopic (exact) mass is 396 g/mol. The molecule has 6 nitrogen and oxygen atoms in total. The average Bonchev–Trinajstić information content (AvgIpc) is 3.15. The fourth-order valence-corrected chi connectivity index (χ4v) is 3.84. The Kier molecular flexibility index (Phi) is 6.71. The van der Waals surface area contributed by atoms with Gasteiger partial charge in [0.15, 0.2) is 11.0 Å². The number of rotatable bonds is 8. The van der Waals surface area contributed by atoms with Crippen LogP contribution in [0, 0.1) is 0 Å². The number of ether oxygens (including phenoxy) is 1. The maximum Gasteiger partial charge on any atom is 0.233 e. The van der Waals surface area contributed by atoms with Gasteiger partial charge in [-0.2, -0.15) is 0 Å². The van der Waals surface area contributed by atoms with Crippen LogP contribution in [0.25, 0.3) is 11.4 Å². The number of aromatic nitrogens is 3. The van der Waals surface area contributed by atoms with E-state index in [1.807, 2.05) is 59.2 Å². The Bertz CT molecular complexity index is 927. The summed E-state index contributed by atoms with van der Waals surface area (Å²) in [4.78, 5) is 14.3. The number of nitrogens with zero attached hydrogens (tertiary/aromatic N) is 4. The summed E-state index contributed by atoms with van der Waals surface area (Å²) in [5.41, 5.74) is 2.00. The molecule has 0 N–H and O–H groups in total. The first-order valence-corrected chi connectivity index (χ1v) is 10.1. The molecule has 0 atom stereocenters. The Balaban J connectivity index is 1.65. The van der Waals surface area contributed by atoms with E-state index >= 15 is 0 Å². The van der Waals surface area contributed by atoms with Gasteiger partial charge in [0.05, 0.1) is 12.9 Å². The van der Waals surface area contributed by atoms with Crippen LogP contribution in [-0.4, -0.2) is 45.5 Å². The number of thioether (sulfide) groups is 1. The van der Waals surface area contributed by atoms with Gasteiger partial charge in [0, 0.05) is 31.3 Å². The number of amides is 1. The van der Waals surface area contributed by atoms with Crippen LogP contribution in [0.3, 0.4) is 0 Å². The lowest BCUT2D eigenvalue weighted by molar-refractivity contribution is -0.127. The molecule has 28 heavy (non-hydrogen) atoms. The van der Waals surface area contributed by atoms with Crippen LogP contribution >= 0.6 is 11.8 Å². The van der Waals surface area contributed by atoms with Crippen LogP contribution in [0.5, 0.6) is 5.75 Å². The molecule has 146 valence electrons. The summed E-state index contributed by atoms with van der Waals surface area (Å²) in [6.45, 7) is 3.29. The molecular formula is C21H24N4O2S. The minimum Gasteiger partial charge on any atom is -0.496 e. The number of hydrogen-bond donors (Lipinski definition) is 0.